The summed E-state index contributed by atoms with van der Waals surface area (Å²) in [6.45, 7) is 4.43. The molecule has 0 fully saturated rings. The maximum Gasteiger partial charge on any atom is 0.0702 e. The molecule has 0 radical (unpaired) electrons. The highest BCUT2D eigenvalue weighted by Gasteiger charge is 1.98. The molecule has 1 unspecified atom stereocenters. The van der Waals surface area contributed by atoms with Gasteiger partial charge in [0.15, 0.2) is 0 Å². The molecule has 20 heavy (non-hydrogen) atoms. The Morgan fingerprint density at radius 1 is 0.800 bits per heavy atom. The van der Waals surface area contributed by atoms with Crippen LogP contribution in [0.1, 0.15) is 71.6 Å². The molecular formula is C19H27Cl. The van der Waals surface area contributed by atoms with Crippen LogP contribution in [0.25, 0.3) is 0 Å². The van der Waals surface area contributed by atoms with Crippen LogP contribution < -0.4 is 0 Å². The van der Waals surface area contributed by atoms with Gasteiger partial charge in [-0.3, -0.25) is 0 Å². The van der Waals surface area contributed by atoms with Crippen LogP contribution in [-0.4, -0.2) is 5.88 Å². The van der Waals surface area contributed by atoms with E-state index in [0.29, 0.717) is 18.8 Å². The third-order valence-corrected chi connectivity index (χ3v) is 3.22. The molecule has 0 aliphatic heterocycles. The first-order valence-corrected chi connectivity index (χ1v) is 8.27. The normalized spacial score (nSPS) is 10.3. The predicted molar refractivity (Wildman–Crippen MR) is 90.4 cm³/mol. The lowest BCUT2D eigenvalue weighted by molar-refractivity contribution is 0.528. The molecule has 0 amide bonds. The Labute approximate surface area is 131 Å². The molecule has 0 aromatic rings. The molecule has 0 spiro atoms. The van der Waals surface area contributed by atoms with E-state index in [1.54, 1.807) is 0 Å². The van der Waals surface area contributed by atoms with Gasteiger partial charge in [-0.05, 0) is 25.2 Å². The van der Waals surface area contributed by atoms with E-state index >= 15 is 0 Å². The van der Waals surface area contributed by atoms with Gasteiger partial charge < -0.3 is 0 Å². The first-order chi connectivity index (χ1) is 9.81. The second-order valence-electron chi connectivity index (χ2n) is 4.99. The second kappa shape index (κ2) is 16.0. The number of alkyl halides is 1. The van der Waals surface area contributed by atoms with Gasteiger partial charge in [0.25, 0.3) is 0 Å². The minimum atomic E-state index is 0.668. The monoisotopic (exact) mass is 290 g/mol. The molecule has 0 saturated heterocycles. The topological polar surface area (TPSA) is 0 Å². The zero-order valence-corrected chi connectivity index (χ0v) is 13.8. The molecule has 0 rings (SSSR count). The maximum absolute atomic E-state index is 5.69. The van der Waals surface area contributed by atoms with Crippen molar-refractivity contribution >= 4 is 11.6 Å². The molecule has 0 aromatic carbocycles. The van der Waals surface area contributed by atoms with Gasteiger partial charge in [-0.25, -0.2) is 0 Å². The summed E-state index contributed by atoms with van der Waals surface area (Å²) in [6, 6.07) is 0. The van der Waals surface area contributed by atoms with Crippen molar-refractivity contribution in [3.05, 3.63) is 0 Å². The highest BCUT2D eigenvalue weighted by atomic mass is 35.5. The van der Waals surface area contributed by atoms with E-state index in [-0.39, 0.29) is 0 Å². The Hall–Kier alpha value is -1.03. The van der Waals surface area contributed by atoms with E-state index in [9.17, 15) is 0 Å². The van der Waals surface area contributed by atoms with Crippen LogP contribution in [0.3, 0.4) is 0 Å². The van der Waals surface area contributed by atoms with Crippen LogP contribution in [0.2, 0.25) is 0 Å². The molecule has 1 heteroatoms. The van der Waals surface area contributed by atoms with E-state index in [1.807, 2.05) is 0 Å². The van der Waals surface area contributed by atoms with Crippen molar-refractivity contribution in [2.24, 2.45) is 5.92 Å². The van der Waals surface area contributed by atoms with Gasteiger partial charge in [0.05, 0.1) is 12.8 Å². The average Bonchev–Trinajstić information content (AvgIpc) is 2.44. The van der Waals surface area contributed by atoms with Gasteiger partial charge in [-0.1, -0.05) is 50.4 Å². The lowest BCUT2D eigenvalue weighted by Gasteiger charge is -2.04. The third-order valence-electron chi connectivity index (χ3n) is 3.00. The van der Waals surface area contributed by atoms with E-state index in [1.165, 1.54) is 19.3 Å². The molecule has 0 bridgehead atoms. The quantitative estimate of drug-likeness (QED) is 0.334. The Balaban J connectivity index is 3.53. The summed E-state index contributed by atoms with van der Waals surface area (Å²) in [6.07, 6.45) is 9.28. The third kappa shape index (κ3) is 15.0. The van der Waals surface area contributed by atoms with Crippen LogP contribution in [0.5, 0.6) is 0 Å². The minimum Gasteiger partial charge on any atom is -0.127 e. The summed E-state index contributed by atoms with van der Waals surface area (Å²) >= 11 is 5.69. The van der Waals surface area contributed by atoms with Crippen molar-refractivity contribution in [3.8, 4) is 35.5 Å². The number of hydrogen-bond acceptors (Lipinski definition) is 0. The summed E-state index contributed by atoms with van der Waals surface area (Å²) < 4.78 is 0. The molecule has 110 valence electrons. The summed E-state index contributed by atoms with van der Waals surface area (Å²) in [5.41, 5.74) is 0. The van der Waals surface area contributed by atoms with Gasteiger partial charge in [0.1, 0.15) is 0 Å². The summed E-state index contributed by atoms with van der Waals surface area (Å²) in [4.78, 5) is 0. The van der Waals surface area contributed by atoms with Gasteiger partial charge in [0.2, 0.25) is 0 Å². The summed E-state index contributed by atoms with van der Waals surface area (Å²) in [5.74, 6) is 20.0. The lowest BCUT2D eigenvalue weighted by Crippen LogP contribution is -1.94. The van der Waals surface area contributed by atoms with Crippen molar-refractivity contribution in [1.82, 2.24) is 0 Å². The lowest BCUT2D eigenvalue weighted by atomic mass is 10.0. The first-order valence-electron chi connectivity index (χ1n) is 7.74. The number of rotatable bonds is 7. The maximum atomic E-state index is 5.69. The van der Waals surface area contributed by atoms with Crippen LogP contribution in [0.15, 0.2) is 0 Å². The predicted octanol–water partition coefficient (Wildman–Crippen LogP) is 5.40. The van der Waals surface area contributed by atoms with Crippen LogP contribution in [-0.2, 0) is 0 Å². The molecule has 0 aliphatic rings. The van der Waals surface area contributed by atoms with Crippen molar-refractivity contribution in [2.45, 2.75) is 71.6 Å². The van der Waals surface area contributed by atoms with Gasteiger partial charge in [-0.2, -0.15) is 0 Å². The molecule has 0 nitrogen and oxygen atoms in total. The van der Waals surface area contributed by atoms with Gasteiger partial charge >= 0.3 is 0 Å². The largest absolute Gasteiger partial charge is 0.127 e. The fraction of sp³-hybridized carbons (Fsp3) is 0.684. The van der Waals surface area contributed by atoms with Crippen molar-refractivity contribution < 1.29 is 0 Å². The van der Waals surface area contributed by atoms with Crippen molar-refractivity contribution in [2.75, 3.05) is 5.88 Å². The second-order valence-corrected chi connectivity index (χ2v) is 5.37. The molecule has 0 aliphatic carbocycles. The molecular weight excluding hydrogens is 264 g/mol. The number of hydrogen-bond donors (Lipinski definition) is 0. The standard InChI is InChI=1S/C19H27Cl/c1-3-4-5-6-7-8-9-10-11-12-13-14-15-16-19(2)17-18-20/h19H,3-6,9,12,15-18H2,1-2H3. The highest BCUT2D eigenvalue weighted by Crippen LogP contribution is 2.09. The number of unbranched alkanes of at least 4 members (excludes halogenated alkanes) is 3. The molecule has 0 saturated carbocycles. The Bertz CT molecular complexity index is 389. The zero-order valence-electron chi connectivity index (χ0n) is 13.0. The fourth-order valence-corrected chi connectivity index (χ4v) is 2.00. The zero-order chi connectivity index (χ0) is 14.9. The molecule has 0 N–H and O–H groups in total. The van der Waals surface area contributed by atoms with E-state index in [0.717, 1.165) is 31.6 Å². The minimum absolute atomic E-state index is 0.668. The first kappa shape index (κ1) is 19.0. The number of halogens is 1. The van der Waals surface area contributed by atoms with Crippen molar-refractivity contribution in [1.29, 1.82) is 0 Å². The SMILES string of the molecule is CCCCCC#CCC#CCC#CCCC(C)CCCl. The summed E-state index contributed by atoms with van der Waals surface area (Å²) in [7, 11) is 0. The van der Waals surface area contributed by atoms with Gasteiger partial charge in [-0.15, -0.1) is 23.4 Å². The summed E-state index contributed by atoms with van der Waals surface area (Å²) in [5, 5.41) is 0. The Morgan fingerprint density at radius 3 is 2.00 bits per heavy atom. The fourth-order valence-electron chi connectivity index (χ4n) is 1.63. The van der Waals surface area contributed by atoms with Crippen molar-refractivity contribution in [3.63, 3.8) is 0 Å². The van der Waals surface area contributed by atoms with Crippen LogP contribution in [0, 0.1) is 41.4 Å². The molecule has 0 aromatic heterocycles. The van der Waals surface area contributed by atoms with Crippen LogP contribution >= 0.6 is 11.6 Å². The average molecular weight is 291 g/mol. The smallest absolute Gasteiger partial charge is 0.0702 e. The van der Waals surface area contributed by atoms with Crippen LogP contribution in [0.4, 0.5) is 0 Å². The van der Waals surface area contributed by atoms with E-state index in [4.69, 9.17) is 11.6 Å². The van der Waals surface area contributed by atoms with Gasteiger partial charge in [0, 0.05) is 18.7 Å². The molecule has 0 heterocycles. The highest BCUT2D eigenvalue weighted by molar-refractivity contribution is 6.17. The van der Waals surface area contributed by atoms with E-state index < -0.39 is 0 Å². The Morgan fingerprint density at radius 2 is 1.40 bits per heavy atom. The Kier molecular flexibility index (Phi) is 15.2. The van der Waals surface area contributed by atoms with E-state index in [2.05, 4.69) is 49.4 Å². The molecule has 1 atom stereocenters.